The van der Waals surface area contributed by atoms with Crippen LogP contribution in [0.5, 0.6) is 0 Å². The number of amides is 1. The van der Waals surface area contributed by atoms with Crippen LogP contribution < -0.4 is 0 Å². The monoisotopic (exact) mass is 955 g/mol. The average Bonchev–Trinajstić information content (AvgIpc) is 3.29. The molecule has 0 rings (SSSR count). The lowest BCUT2D eigenvalue weighted by Crippen LogP contribution is -2.42. The molecular weight excluding hydrogens is 845 g/mol. The number of ether oxygens (including phenoxy) is 2. The molecule has 0 radical (unpaired) electrons. The van der Waals surface area contributed by atoms with E-state index >= 15 is 0 Å². The van der Waals surface area contributed by atoms with E-state index in [4.69, 9.17) is 9.47 Å². The van der Waals surface area contributed by atoms with Crippen molar-refractivity contribution in [2.24, 2.45) is 11.8 Å². The van der Waals surface area contributed by atoms with E-state index in [0.717, 1.165) is 89.5 Å². The van der Waals surface area contributed by atoms with Gasteiger partial charge < -0.3 is 19.3 Å². The van der Waals surface area contributed by atoms with Crippen LogP contribution in [-0.4, -0.2) is 85.6 Å². The number of carbonyl (C=O) groups excluding carboxylic acids is 3. The van der Waals surface area contributed by atoms with Gasteiger partial charge in [-0.1, -0.05) is 210 Å². The van der Waals surface area contributed by atoms with E-state index in [1.54, 1.807) is 0 Å². The highest BCUT2D eigenvalue weighted by Gasteiger charge is 2.23. The summed E-state index contributed by atoms with van der Waals surface area (Å²) < 4.78 is 11.6. The van der Waals surface area contributed by atoms with Gasteiger partial charge in [-0.05, 0) is 96.7 Å². The second kappa shape index (κ2) is 49.5. The van der Waals surface area contributed by atoms with Crippen molar-refractivity contribution in [3.05, 3.63) is 0 Å². The molecule has 2 atom stereocenters. The highest BCUT2D eigenvalue weighted by Crippen LogP contribution is 2.26. The first-order valence-electron chi connectivity index (χ1n) is 28.2. The Morgan fingerprint density at radius 1 is 0.400 bits per heavy atom. The van der Waals surface area contributed by atoms with Crippen molar-refractivity contribution in [1.29, 1.82) is 0 Å². The van der Waals surface area contributed by atoms with E-state index in [-0.39, 0.29) is 11.9 Å². The van der Waals surface area contributed by atoms with Gasteiger partial charge in [-0.2, -0.15) is 0 Å². The predicted molar refractivity (Wildman–Crippen MR) is 287 cm³/mol. The van der Waals surface area contributed by atoms with Crippen molar-refractivity contribution in [2.45, 2.75) is 278 Å². The van der Waals surface area contributed by atoms with Gasteiger partial charge in [0, 0.05) is 43.4 Å². The minimum absolute atomic E-state index is 0.00928. The number of unbranched alkanes of at least 4 members (excludes halogenated alkanes) is 20. The van der Waals surface area contributed by atoms with Gasteiger partial charge in [0.15, 0.2) is 0 Å². The van der Waals surface area contributed by atoms with E-state index in [2.05, 4.69) is 58.5 Å². The van der Waals surface area contributed by atoms with Crippen molar-refractivity contribution >= 4 is 39.4 Å². The summed E-state index contributed by atoms with van der Waals surface area (Å²) in [6, 6.07) is 0.303. The van der Waals surface area contributed by atoms with Gasteiger partial charge >= 0.3 is 11.9 Å². The maximum Gasteiger partial charge on any atom is 0.305 e. The third kappa shape index (κ3) is 42.9. The molecule has 0 aliphatic carbocycles. The number of hydrogen-bond donors (Lipinski definition) is 0. The van der Waals surface area contributed by atoms with Gasteiger partial charge in [0.25, 0.3) is 0 Å². The minimum atomic E-state index is -0.00928. The maximum absolute atomic E-state index is 13.9. The van der Waals surface area contributed by atoms with Crippen molar-refractivity contribution in [2.75, 3.05) is 51.9 Å². The number of nitrogens with zero attached hydrogens (tertiary/aromatic N) is 2. The molecule has 0 fully saturated rings. The SMILES string of the molecule is CCCCCCC(CCCC)COC(=O)CCCCCCCCC(CCCCCCCCC(=O)OCC(CCCC)CCCCCC)N(CCCN(C)C)C(=O)CCSSCCCCC. The molecule has 9 heteroatoms. The van der Waals surface area contributed by atoms with Crippen LogP contribution in [0.15, 0.2) is 0 Å². The van der Waals surface area contributed by atoms with Crippen LogP contribution in [-0.2, 0) is 23.9 Å². The first-order chi connectivity index (χ1) is 31.7. The van der Waals surface area contributed by atoms with Gasteiger partial charge in [0.1, 0.15) is 0 Å². The molecule has 0 N–H and O–H groups in total. The Hall–Kier alpha value is -0.930. The molecule has 65 heavy (non-hydrogen) atoms. The molecule has 0 aromatic rings. The first kappa shape index (κ1) is 64.1. The predicted octanol–water partition coefficient (Wildman–Crippen LogP) is 17.0. The zero-order valence-electron chi connectivity index (χ0n) is 44.4. The van der Waals surface area contributed by atoms with Gasteiger partial charge in [0.05, 0.1) is 13.2 Å². The van der Waals surface area contributed by atoms with Crippen molar-refractivity contribution in [1.82, 2.24) is 9.80 Å². The number of carbonyl (C=O) groups is 3. The van der Waals surface area contributed by atoms with Gasteiger partial charge in [-0.15, -0.1) is 0 Å². The normalized spacial score (nSPS) is 13.0. The summed E-state index contributed by atoms with van der Waals surface area (Å²) in [5, 5.41) is 0. The van der Waals surface area contributed by atoms with Gasteiger partial charge in [0.2, 0.25) is 5.91 Å². The van der Waals surface area contributed by atoms with Crippen LogP contribution in [0, 0.1) is 11.8 Å². The third-order valence-electron chi connectivity index (χ3n) is 13.2. The lowest BCUT2D eigenvalue weighted by molar-refractivity contribution is -0.146. The molecule has 0 saturated heterocycles. The van der Waals surface area contributed by atoms with Crippen LogP contribution in [0.3, 0.4) is 0 Å². The summed E-state index contributed by atoms with van der Waals surface area (Å²) in [6.45, 7) is 14.3. The summed E-state index contributed by atoms with van der Waals surface area (Å²) in [4.78, 5) is 43.7. The third-order valence-corrected chi connectivity index (χ3v) is 15.7. The Labute approximate surface area is 413 Å². The fourth-order valence-electron chi connectivity index (χ4n) is 8.93. The second-order valence-corrected chi connectivity index (χ2v) is 22.6. The highest BCUT2D eigenvalue weighted by atomic mass is 33.1. The quantitative estimate of drug-likeness (QED) is 0.0339. The molecule has 0 aliphatic rings. The number of rotatable bonds is 51. The lowest BCUT2D eigenvalue weighted by atomic mass is 9.96. The topological polar surface area (TPSA) is 76.2 Å². The standard InChI is InChI=1S/C56H110N2O5S2/c1-8-13-18-28-38-51(36-16-11-4)49-62-55(60)42-32-26-22-20-24-30-40-53(58(46-35-45-57(6)7)54(59)44-48-65-64-47-34-15-10-3)41-31-25-21-23-27-33-43-56(61)63-50-52(37-17-12-5)39-29-19-14-9-2/h51-53H,8-50H2,1-7H3. The molecule has 0 saturated carbocycles. The van der Waals surface area contributed by atoms with E-state index in [9.17, 15) is 14.4 Å². The molecule has 386 valence electrons. The van der Waals surface area contributed by atoms with Crippen LogP contribution in [0.1, 0.15) is 272 Å². The van der Waals surface area contributed by atoms with Crippen LogP contribution >= 0.6 is 21.6 Å². The number of hydrogen-bond acceptors (Lipinski definition) is 8. The van der Waals surface area contributed by atoms with Crippen molar-refractivity contribution in [3.63, 3.8) is 0 Å². The second-order valence-electron chi connectivity index (χ2n) is 19.9. The molecule has 0 aromatic heterocycles. The summed E-state index contributed by atoms with van der Waals surface area (Å²) >= 11 is 0. The molecule has 7 nitrogen and oxygen atoms in total. The van der Waals surface area contributed by atoms with E-state index in [1.807, 2.05) is 21.6 Å². The molecule has 2 unspecified atom stereocenters. The Morgan fingerprint density at radius 3 is 1.25 bits per heavy atom. The molecule has 0 spiro atoms. The van der Waals surface area contributed by atoms with Crippen LogP contribution in [0.25, 0.3) is 0 Å². The smallest absolute Gasteiger partial charge is 0.305 e. The molecule has 0 aliphatic heterocycles. The summed E-state index contributed by atoms with van der Waals surface area (Å²) in [5.41, 5.74) is 0. The largest absolute Gasteiger partial charge is 0.465 e. The van der Waals surface area contributed by atoms with Gasteiger partial charge in [-0.25, -0.2) is 0 Å². The molecule has 0 heterocycles. The Kier molecular flexibility index (Phi) is 48.8. The molecule has 1 amide bonds. The van der Waals surface area contributed by atoms with E-state index in [1.165, 1.54) is 153 Å². The summed E-state index contributed by atoms with van der Waals surface area (Å²) in [5.74, 6) is 3.44. The minimum Gasteiger partial charge on any atom is -0.465 e. The molecular formula is C56H110N2O5S2. The van der Waals surface area contributed by atoms with E-state index < -0.39 is 0 Å². The average molecular weight is 956 g/mol. The van der Waals surface area contributed by atoms with Crippen molar-refractivity contribution in [3.8, 4) is 0 Å². The summed E-state index contributed by atoms with van der Waals surface area (Å²) in [6.07, 6.45) is 41.8. The first-order valence-corrected chi connectivity index (χ1v) is 30.7. The summed E-state index contributed by atoms with van der Waals surface area (Å²) in [7, 11) is 8.07. The Morgan fingerprint density at radius 2 is 0.785 bits per heavy atom. The van der Waals surface area contributed by atoms with Crippen molar-refractivity contribution < 1.29 is 23.9 Å². The van der Waals surface area contributed by atoms with Crippen LogP contribution in [0.4, 0.5) is 0 Å². The molecule has 0 bridgehead atoms. The maximum atomic E-state index is 13.9. The zero-order chi connectivity index (χ0) is 47.9. The fraction of sp³-hybridized carbons (Fsp3) is 0.946. The Balaban J connectivity index is 4.99. The van der Waals surface area contributed by atoms with E-state index in [0.29, 0.717) is 56.3 Å². The highest BCUT2D eigenvalue weighted by molar-refractivity contribution is 8.76. The zero-order valence-corrected chi connectivity index (χ0v) is 46.0. The lowest BCUT2D eigenvalue weighted by Gasteiger charge is -2.33. The fourth-order valence-corrected chi connectivity index (χ4v) is 11.1. The molecule has 0 aromatic carbocycles. The number of esters is 2. The Bertz CT molecular complexity index is 992. The van der Waals surface area contributed by atoms with Gasteiger partial charge in [-0.3, -0.25) is 14.4 Å². The van der Waals surface area contributed by atoms with Crippen LogP contribution in [0.2, 0.25) is 0 Å².